The summed E-state index contributed by atoms with van der Waals surface area (Å²) < 4.78 is 4.77. The van der Waals surface area contributed by atoms with E-state index in [-0.39, 0.29) is 0 Å². The number of para-hydroxylation sites is 4. The van der Waals surface area contributed by atoms with E-state index in [0.717, 1.165) is 0 Å². The third-order valence-corrected chi connectivity index (χ3v) is 7.92. The highest BCUT2D eigenvalue weighted by atomic mass is 15.0. The molecule has 8 aromatic rings. The molecule has 8 rings (SSSR count). The zero-order valence-corrected chi connectivity index (χ0v) is 21.7. The van der Waals surface area contributed by atoms with Crippen LogP contribution in [-0.4, -0.2) is 9.13 Å². The zero-order valence-electron chi connectivity index (χ0n) is 21.7. The molecule has 0 radical (unpaired) electrons. The van der Waals surface area contributed by atoms with Crippen LogP contribution in [0.1, 0.15) is 5.56 Å². The van der Waals surface area contributed by atoms with E-state index in [1.54, 1.807) is 0 Å². The van der Waals surface area contributed by atoms with Crippen molar-refractivity contribution >= 4 is 43.6 Å². The van der Waals surface area contributed by atoms with Gasteiger partial charge in [-0.05, 0) is 78.2 Å². The van der Waals surface area contributed by atoms with Gasteiger partial charge >= 0.3 is 0 Å². The molecule has 2 heteroatoms. The molecule has 0 aliphatic heterocycles. The summed E-state index contributed by atoms with van der Waals surface area (Å²) in [6.07, 6.45) is 0. The van der Waals surface area contributed by atoms with Crippen molar-refractivity contribution in [2.45, 2.75) is 6.92 Å². The van der Waals surface area contributed by atoms with Crippen molar-refractivity contribution in [3.8, 4) is 22.5 Å². The predicted octanol–water partition coefficient (Wildman–Crippen LogP) is 9.86. The average molecular weight is 499 g/mol. The monoisotopic (exact) mass is 498 g/mol. The number of nitrogens with zero attached hydrogens (tertiary/aromatic N) is 2. The van der Waals surface area contributed by atoms with Gasteiger partial charge in [-0.1, -0.05) is 84.9 Å². The average Bonchev–Trinajstić information content (AvgIpc) is 3.50. The molecule has 0 aliphatic carbocycles. The third kappa shape index (κ3) is 3.35. The van der Waals surface area contributed by atoms with Crippen LogP contribution in [-0.2, 0) is 0 Å². The van der Waals surface area contributed by atoms with Crippen LogP contribution in [0.2, 0.25) is 0 Å². The predicted molar refractivity (Wildman–Crippen MR) is 165 cm³/mol. The van der Waals surface area contributed by atoms with Crippen molar-refractivity contribution < 1.29 is 0 Å². The van der Waals surface area contributed by atoms with Crippen LogP contribution < -0.4 is 0 Å². The fourth-order valence-corrected chi connectivity index (χ4v) is 6.27. The fraction of sp³-hybridized carbons (Fsp3) is 0.0270. The van der Waals surface area contributed by atoms with Gasteiger partial charge in [-0.15, -0.1) is 0 Å². The summed E-state index contributed by atoms with van der Waals surface area (Å²) in [5.74, 6) is 0. The summed E-state index contributed by atoms with van der Waals surface area (Å²) in [4.78, 5) is 0. The van der Waals surface area contributed by atoms with E-state index in [1.165, 1.54) is 71.7 Å². The molecule has 0 saturated heterocycles. The first kappa shape index (κ1) is 22.0. The largest absolute Gasteiger partial charge is 0.309 e. The van der Waals surface area contributed by atoms with Gasteiger partial charge in [0, 0.05) is 32.9 Å². The highest BCUT2D eigenvalue weighted by molar-refractivity contribution is 6.11. The molecular weight excluding hydrogens is 472 g/mol. The maximum Gasteiger partial charge on any atom is 0.0541 e. The lowest BCUT2D eigenvalue weighted by atomic mass is 10.00. The summed E-state index contributed by atoms with van der Waals surface area (Å²) in [6, 6.07) is 50.6. The maximum absolute atomic E-state index is 2.40. The summed E-state index contributed by atoms with van der Waals surface area (Å²) in [5.41, 5.74) is 11.0. The Morgan fingerprint density at radius 2 is 0.872 bits per heavy atom. The Bertz CT molecular complexity index is 2120. The van der Waals surface area contributed by atoms with E-state index in [1.807, 2.05) is 0 Å². The van der Waals surface area contributed by atoms with Gasteiger partial charge in [-0.2, -0.15) is 0 Å². The lowest BCUT2D eigenvalue weighted by molar-refractivity contribution is 1.17. The van der Waals surface area contributed by atoms with Crippen LogP contribution in [0.5, 0.6) is 0 Å². The smallest absolute Gasteiger partial charge is 0.0541 e. The molecule has 0 unspecified atom stereocenters. The topological polar surface area (TPSA) is 9.86 Å². The molecule has 0 spiro atoms. The summed E-state index contributed by atoms with van der Waals surface area (Å²) in [5, 5.41) is 5.11. The van der Waals surface area contributed by atoms with Crippen LogP contribution in [0.3, 0.4) is 0 Å². The Hall–Kier alpha value is -5.08. The van der Waals surface area contributed by atoms with Gasteiger partial charge in [0.05, 0.1) is 22.1 Å². The van der Waals surface area contributed by atoms with E-state index < -0.39 is 0 Å². The number of fused-ring (bicyclic) bond motifs is 6. The van der Waals surface area contributed by atoms with E-state index in [2.05, 4.69) is 156 Å². The molecule has 0 bridgehead atoms. The molecule has 0 amide bonds. The molecule has 2 aromatic heterocycles. The van der Waals surface area contributed by atoms with E-state index >= 15 is 0 Å². The fourth-order valence-electron chi connectivity index (χ4n) is 6.27. The first-order valence-electron chi connectivity index (χ1n) is 13.5. The number of aromatic nitrogens is 2. The minimum atomic E-state index is 1.18. The Labute approximate surface area is 227 Å². The normalized spacial score (nSPS) is 11.7. The molecule has 6 aromatic carbocycles. The molecule has 0 N–H and O–H groups in total. The molecule has 0 saturated carbocycles. The molecule has 2 nitrogen and oxygen atoms in total. The quantitative estimate of drug-likeness (QED) is 0.229. The van der Waals surface area contributed by atoms with Crippen LogP contribution in [0.4, 0.5) is 0 Å². The van der Waals surface area contributed by atoms with Crippen molar-refractivity contribution in [1.82, 2.24) is 9.13 Å². The first-order valence-corrected chi connectivity index (χ1v) is 13.5. The number of aryl methyl sites for hydroxylation is 1. The number of hydrogen-bond donors (Lipinski definition) is 0. The van der Waals surface area contributed by atoms with Crippen LogP contribution in [0, 0.1) is 6.92 Å². The van der Waals surface area contributed by atoms with Crippen LogP contribution >= 0.6 is 0 Å². The van der Waals surface area contributed by atoms with Crippen molar-refractivity contribution in [3.05, 3.63) is 145 Å². The van der Waals surface area contributed by atoms with Gasteiger partial charge < -0.3 is 9.13 Å². The van der Waals surface area contributed by atoms with Crippen molar-refractivity contribution in [2.24, 2.45) is 0 Å². The number of benzene rings is 6. The minimum absolute atomic E-state index is 1.18. The highest BCUT2D eigenvalue weighted by Crippen LogP contribution is 2.37. The van der Waals surface area contributed by atoms with Gasteiger partial charge in [-0.3, -0.25) is 0 Å². The standard InChI is InChI=1S/C37H26N2/c1-25-21-27(23-29(22-25)39-34-16-8-5-13-30(34)31-14-6-9-17-35(31)39)26-19-20-37-33(24-26)32-15-7-10-18-36(32)38(37)28-11-3-2-4-12-28/h2-24H,1H3. The Kier molecular flexibility index (Phi) is 4.77. The van der Waals surface area contributed by atoms with Gasteiger partial charge in [-0.25, -0.2) is 0 Å². The molecule has 39 heavy (non-hydrogen) atoms. The first-order chi connectivity index (χ1) is 19.3. The SMILES string of the molecule is Cc1cc(-c2ccc3c(c2)c2ccccc2n3-c2ccccc2)cc(-n2c3ccccc3c3ccccc32)c1. The second kappa shape index (κ2) is 8.47. The maximum atomic E-state index is 2.40. The summed E-state index contributed by atoms with van der Waals surface area (Å²) in [6.45, 7) is 2.20. The molecular formula is C37H26N2. The summed E-state index contributed by atoms with van der Waals surface area (Å²) in [7, 11) is 0. The van der Waals surface area contributed by atoms with Crippen LogP contribution in [0.15, 0.2) is 140 Å². The van der Waals surface area contributed by atoms with Crippen molar-refractivity contribution in [1.29, 1.82) is 0 Å². The van der Waals surface area contributed by atoms with E-state index in [4.69, 9.17) is 0 Å². The summed E-state index contributed by atoms with van der Waals surface area (Å²) >= 11 is 0. The van der Waals surface area contributed by atoms with Gasteiger partial charge in [0.15, 0.2) is 0 Å². The second-order valence-electron chi connectivity index (χ2n) is 10.3. The lowest BCUT2D eigenvalue weighted by Crippen LogP contribution is -1.95. The zero-order chi connectivity index (χ0) is 25.9. The molecule has 2 heterocycles. The number of rotatable bonds is 3. The molecule has 0 fully saturated rings. The molecule has 184 valence electrons. The van der Waals surface area contributed by atoms with Crippen molar-refractivity contribution in [2.75, 3.05) is 0 Å². The molecule has 0 aliphatic rings. The van der Waals surface area contributed by atoms with Crippen LogP contribution in [0.25, 0.3) is 66.1 Å². The third-order valence-electron chi connectivity index (χ3n) is 7.92. The highest BCUT2D eigenvalue weighted by Gasteiger charge is 2.15. The van der Waals surface area contributed by atoms with Gasteiger partial charge in [0.25, 0.3) is 0 Å². The Balaban J connectivity index is 1.36. The molecule has 0 atom stereocenters. The second-order valence-corrected chi connectivity index (χ2v) is 10.3. The Morgan fingerprint density at radius 3 is 1.51 bits per heavy atom. The Morgan fingerprint density at radius 1 is 0.359 bits per heavy atom. The van der Waals surface area contributed by atoms with Gasteiger partial charge in [0.2, 0.25) is 0 Å². The van der Waals surface area contributed by atoms with E-state index in [0.29, 0.717) is 0 Å². The van der Waals surface area contributed by atoms with Crippen molar-refractivity contribution in [3.63, 3.8) is 0 Å². The lowest BCUT2D eigenvalue weighted by Gasteiger charge is -2.13. The van der Waals surface area contributed by atoms with Gasteiger partial charge in [0.1, 0.15) is 0 Å². The number of hydrogen-bond acceptors (Lipinski definition) is 0. The van der Waals surface area contributed by atoms with E-state index in [9.17, 15) is 0 Å². The minimum Gasteiger partial charge on any atom is -0.309 e.